The minimum atomic E-state index is -0.647. The van der Waals surface area contributed by atoms with Gasteiger partial charge in [0.05, 0.1) is 11.6 Å². The number of hydrogen-bond acceptors (Lipinski definition) is 4. The summed E-state index contributed by atoms with van der Waals surface area (Å²) >= 11 is 0. The molecular formula is C24H27NO4. The second-order valence-corrected chi connectivity index (χ2v) is 7.57. The number of aryl methyl sites for hydroxylation is 3. The van der Waals surface area contributed by atoms with Crippen LogP contribution in [-0.2, 0) is 14.3 Å². The molecule has 0 radical (unpaired) electrons. The van der Waals surface area contributed by atoms with E-state index in [4.69, 9.17) is 4.74 Å². The van der Waals surface area contributed by atoms with E-state index in [0.717, 1.165) is 22.3 Å². The SMILES string of the molecule is COCCCN1C(=O)C(=O)C(=C(O)c2cc(C)ccc2C)C1c1ccc(C)cc1. The first-order valence-corrected chi connectivity index (χ1v) is 9.76. The number of carbonyl (C=O) groups excluding carboxylic acids is 2. The highest BCUT2D eigenvalue weighted by Crippen LogP contribution is 2.40. The lowest BCUT2D eigenvalue weighted by atomic mass is 9.93. The summed E-state index contributed by atoms with van der Waals surface area (Å²) in [5, 5.41) is 11.1. The zero-order chi connectivity index (χ0) is 21.1. The fourth-order valence-electron chi connectivity index (χ4n) is 3.72. The highest BCUT2D eigenvalue weighted by molar-refractivity contribution is 6.46. The third-order valence-electron chi connectivity index (χ3n) is 5.33. The number of ether oxygens (including phenoxy) is 1. The number of aliphatic hydroxyl groups excluding tert-OH is 1. The summed E-state index contributed by atoms with van der Waals surface area (Å²) in [6, 6.07) is 12.8. The lowest BCUT2D eigenvalue weighted by Crippen LogP contribution is -2.31. The van der Waals surface area contributed by atoms with Gasteiger partial charge in [-0.1, -0.05) is 47.5 Å². The van der Waals surface area contributed by atoms with Gasteiger partial charge in [0.25, 0.3) is 11.7 Å². The number of Topliss-reactive ketones (excluding diaryl/α,β-unsaturated/α-hetero) is 1. The van der Waals surface area contributed by atoms with Gasteiger partial charge in [0, 0.05) is 25.8 Å². The molecule has 152 valence electrons. The van der Waals surface area contributed by atoms with Crippen molar-refractivity contribution < 1.29 is 19.4 Å². The van der Waals surface area contributed by atoms with Crippen molar-refractivity contribution in [2.75, 3.05) is 20.3 Å². The lowest BCUT2D eigenvalue weighted by molar-refractivity contribution is -0.140. The smallest absolute Gasteiger partial charge is 0.295 e. The van der Waals surface area contributed by atoms with Crippen LogP contribution in [0.25, 0.3) is 5.76 Å². The van der Waals surface area contributed by atoms with E-state index in [-0.39, 0.29) is 11.3 Å². The van der Waals surface area contributed by atoms with E-state index in [9.17, 15) is 14.7 Å². The number of benzene rings is 2. The first-order valence-electron chi connectivity index (χ1n) is 9.76. The number of likely N-dealkylation sites (tertiary alicyclic amines) is 1. The number of methoxy groups -OCH3 is 1. The molecule has 0 aromatic heterocycles. The van der Waals surface area contributed by atoms with Crippen molar-refractivity contribution in [3.05, 3.63) is 75.9 Å². The molecule has 0 saturated carbocycles. The Balaban J connectivity index is 2.16. The fraction of sp³-hybridized carbons (Fsp3) is 0.333. The normalized spacial score (nSPS) is 18.5. The van der Waals surface area contributed by atoms with Gasteiger partial charge in [-0.15, -0.1) is 0 Å². The van der Waals surface area contributed by atoms with Gasteiger partial charge in [0.15, 0.2) is 0 Å². The van der Waals surface area contributed by atoms with Crippen LogP contribution in [0.4, 0.5) is 0 Å². The van der Waals surface area contributed by atoms with Gasteiger partial charge >= 0.3 is 0 Å². The average Bonchev–Trinajstić information content (AvgIpc) is 2.95. The summed E-state index contributed by atoms with van der Waals surface area (Å²) in [5.74, 6) is -1.35. The Morgan fingerprint density at radius 1 is 1.03 bits per heavy atom. The second-order valence-electron chi connectivity index (χ2n) is 7.57. The second kappa shape index (κ2) is 8.62. The summed E-state index contributed by atoms with van der Waals surface area (Å²) in [7, 11) is 1.60. The van der Waals surface area contributed by atoms with E-state index < -0.39 is 17.7 Å². The van der Waals surface area contributed by atoms with Crippen LogP contribution >= 0.6 is 0 Å². The van der Waals surface area contributed by atoms with Crippen molar-refractivity contribution in [2.24, 2.45) is 0 Å². The molecule has 1 aliphatic rings. The number of aliphatic hydroxyl groups is 1. The van der Waals surface area contributed by atoms with Gasteiger partial charge in [0.2, 0.25) is 0 Å². The minimum absolute atomic E-state index is 0.121. The predicted molar refractivity (Wildman–Crippen MR) is 113 cm³/mol. The molecule has 0 spiro atoms. The summed E-state index contributed by atoms with van der Waals surface area (Å²) in [5.41, 5.74) is 4.43. The summed E-state index contributed by atoms with van der Waals surface area (Å²) in [6.07, 6.45) is 0.607. The maximum Gasteiger partial charge on any atom is 0.295 e. The van der Waals surface area contributed by atoms with Crippen LogP contribution in [0.2, 0.25) is 0 Å². The van der Waals surface area contributed by atoms with Crippen LogP contribution in [-0.4, -0.2) is 42.0 Å². The zero-order valence-corrected chi connectivity index (χ0v) is 17.4. The molecule has 5 heteroatoms. The number of rotatable bonds is 6. The molecule has 29 heavy (non-hydrogen) atoms. The minimum Gasteiger partial charge on any atom is -0.507 e. The Hall–Kier alpha value is -2.92. The molecular weight excluding hydrogens is 366 g/mol. The highest BCUT2D eigenvalue weighted by Gasteiger charge is 2.45. The van der Waals surface area contributed by atoms with Crippen LogP contribution in [0, 0.1) is 20.8 Å². The van der Waals surface area contributed by atoms with E-state index in [2.05, 4.69) is 0 Å². The van der Waals surface area contributed by atoms with E-state index in [1.54, 1.807) is 12.0 Å². The number of hydrogen-bond donors (Lipinski definition) is 1. The zero-order valence-electron chi connectivity index (χ0n) is 17.4. The van der Waals surface area contributed by atoms with Crippen molar-refractivity contribution in [3.8, 4) is 0 Å². The standard InChI is InChI=1S/C24H27NO4/c1-15-7-10-18(11-8-15)21-20(22(26)19-14-16(2)6-9-17(19)3)23(27)24(28)25(21)12-5-13-29-4/h6-11,14,21,26H,5,12-13H2,1-4H3. The molecule has 1 fully saturated rings. The van der Waals surface area contributed by atoms with Gasteiger partial charge in [0.1, 0.15) is 5.76 Å². The van der Waals surface area contributed by atoms with Crippen LogP contribution < -0.4 is 0 Å². The van der Waals surface area contributed by atoms with Crippen LogP contribution in [0.1, 0.15) is 40.3 Å². The molecule has 2 aromatic carbocycles. The summed E-state index contributed by atoms with van der Waals surface area (Å²) in [4.78, 5) is 27.4. The Morgan fingerprint density at radius 2 is 1.69 bits per heavy atom. The van der Waals surface area contributed by atoms with E-state index in [1.807, 2.05) is 63.2 Å². The highest BCUT2D eigenvalue weighted by atomic mass is 16.5. The monoisotopic (exact) mass is 393 g/mol. The molecule has 1 amide bonds. The van der Waals surface area contributed by atoms with Crippen molar-refractivity contribution in [2.45, 2.75) is 33.2 Å². The molecule has 2 aromatic rings. The number of carbonyl (C=O) groups is 2. The van der Waals surface area contributed by atoms with Gasteiger partial charge in [-0.25, -0.2) is 0 Å². The maximum atomic E-state index is 13.0. The third-order valence-corrected chi connectivity index (χ3v) is 5.33. The Kier molecular flexibility index (Phi) is 6.18. The van der Waals surface area contributed by atoms with E-state index >= 15 is 0 Å². The quantitative estimate of drug-likeness (QED) is 0.348. The first-order chi connectivity index (χ1) is 13.8. The summed E-state index contributed by atoms with van der Waals surface area (Å²) < 4.78 is 5.11. The first kappa shape index (κ1) is 20.8. The van der Waals surface area contributed by atoms with Crippen molar-refractivity contribution in [3.63, 3.8) is 0 Å². The van der Waals surface area contributed by atoms with E-state index in [0.29, 0.717) is 25.1 Å². The molecule has 1 N–H and O–H groups in total. The molecule has 1 heterocycles. The molecule has 3 rings (SSSR count). The number of amides is 1. The Morgan fingerprint density at radius 3 is 2.34 bits per heavy atom. The van der Waals surface area contributed by atoms with E-state index in [1.165, 1.54) is 0 Å². The Labute approximate surface area is 171 Å². The molecule has 5 nitrogen and oxygen atoms in total. The van der Waals surface area contributed by atoms with Gasteiger partial charge in [-0.2, -0.15) is 0 Å². The van der Waals surface area contributed by atoms with Crippen molar-refractivity contribution in [1.82, 2.24) is 4.90 Å². The maximum absolute atomic E-state index is 13.0. The number of ketones is 1. The van der Waals surface area contributed by atoms with Gasteiger partial charge in [-0.05, 0) is 44.4 Å². The number of nitrogens with zero attached hydrogens (tertiary/aromatic N) is 1. The molecule has 1 saturated heterocycles. The largest absolute Gasteiger partial charge is 0.507 e. The average molecular weight is 393 g/mol. The van der Waals surface area contributed by atoms with Crippen LogP contribution in [0.5, 0.6) is 0 Å². The Bertz CT molecular complexity index is 959. The van der Waals surface area contributed by atoms with Crippen LogP contribution in [0.15, 0.2) is 48.0 Å². The molecule has 1 atom stereocenters. The topological polar surface area (TPSA) is 66.8 Å². The third kappa shape index (κ3) is 4.10. The lowest BCUT2D eigenvalue weighted by Gasteiger charge is -2.25. The van der Waals surface area contributed by atoms with Crippen molar-refractivity contribution in [1.29, 1.82) is 0 Å². The van der Waals surface area contributed by atoms with Gasteiger partial charge in [-0.3, -0.25) is 9.59 Å². The van der Waals surface area contributed by atoms with Gasteiger partial charge < -0.3 is 14.7 Å². The molecule has 0 aliphatic carbocycles. The van der Waals surface area contributed by atoms with Crippen LogP contribution in [0.3, 0.4) is 0 Å². The fourth-order valence-corrected chi connectivity index (χ4v) is 3.72. The van der Waals surface area contributed by atoms with Crippen molar-refractivity contribution >= 4 is 17.4 Å². The predicted octanol–water partition coefficient (Wildman–Crippen LogP) is 4.07. The molecule has 0 bridgehead atoms. The summed E-state index contributed by atoms with van der Waals surface area (Å²) in [6.45, 7) is 6.65. The molecule has 1 aliphatic heterocycles. The molecule has 1 unspecified atom stereocenters.